The fourth-order valence-corrected chi connectivity index (χ4v) is 4.46. The molecule has 2 N–H and O–H groups in total. The molecule has 174 valence electrons. The largest absolute Gasteiger partial charge is 0.416 e. The second kappa shape index (κ2) is 11.1. The Morgan fingerprint density at radius 1 is 1.06 bits per heavy atom. The summed E-state index contributed by atoms with van der Waals surface area (Å²) in [6.07, 6.45) is 0.685. The van der Waals surface area contributed by atoms with Crippen molar-refractivity contribution in [3.05, 3.63) is 82.2 Å². The van der Waals surface area contributed by atoms with Gasteiger partial charge in [-0.05, 0) is 43.2 Å². The fraction of sp³-hybridized carbons (Fsp3) is 0.208. The Hall–Kier alpha value is -3.50. The van der Waals surface area contributed by atoms with Crippen LogP contribution in [-0.2, 0) is 11.2 Å². The second-order valence-electron chi connectivity index (χ2n) is 7.57. The second-order valence-corrected chi connectivity index (χ2v) is 9.47. The summed E-state index contributed by atoms with van der Waals surface area (Å²) in [5.41, 5.74) is 4.25. The maximum Gasteiger partial charge on any atom is 0.276 e. The first-order chi connectivity index (χ1) is 16.5. The molecule has 8 nitrogen and oxygen atoms in total. The van der Waals surface area contributed by atoms with Gasteiger partial charge < -0.3 is 9.73 Å². The quantitative estimate of drug-likeness (QED) is 0.312. The predicted octanol–water partition coefficient (Wildman–Crippen LogP) is 5.11. The maximum absolute atomic E-state index is 12.3. The van der Waals surface area contributed by atoms with E-state index in [0.29, 0.717) is 40.4 Å². The van der Waals surface area contributed by atoms with Gasteiger partial charge in [-0.3, -0.25) is 14.9 Å². The first-order valence-corrected chi connectivity index (χ1v) is 12.5. The normalized spacial score (nSPS) is 10.8. The van der Waals surface area contributed by atoms with Gasteiger partial charge in [-0.1, -0.05) is 42.1 Å². The van der Waals surface area contributed by atoms with Gasteiger partial charge in [-0.2, -0.15) is 0 Å². The van der Waals surface area contributed by atoms with Gasteiger partial charge in [0.2, 0.25) is 11.8 Å². The van der Waals surface area contributed by atoms with Crippen LogP contribution in [0.1, 0.15) is 39.5 Å². The van der Waals surface area contributed by atoms with Crippen LogP contribution in [0.2, 0.25) is 0 Å². The molecular formula is C24H23N5O3S2. The molecule has 0 bridgehead atoms. The van der Waals surface area contributed by atoms with Crippen molar-refractivity contribution in [2.75, 3.05) is 16.4 Å². The third-order valence-electron chi connectivity index (χ3n) is 4.81. The Balaban J connectivity index is 1.23. The topological polar surface area (TPSA) is 110 Å². The van der Waals surface area contributed by atoms with E-state index >= 15 is 0 Å². The number of carbonyl (C=O) groups excluding carboxylic acids is 2. The van der Waals surface area contributed by atoms with Crippen LogP contribution >= 0.6 is 23.1 Å². The molecule has 0 saturated carbocycles. The van der Waals surface area contributed by atoms with Crippen LogP contribution in [0.25, 0.3) is 0 Å². The summed E-state index contributed by atoms with van der Waals surface area (Å²) in [6, 6.07) is 14.9. The van der Waals surface area contributed by atoms with Gasteiger partial charge in [0, 0.05) is 28.8 Å². The van der Waals surface area contributed by atoms with Gasteiger partial charge in [0.05, 0.1) is 12.1 Å². The van der Waals surface area contributed by atoms with E-state index in [2.05, 4.69) is 25.8 Å². The minimum atomic E-state index is -0.209. The van der Waals surface area contributed by atoms with Crippen molar-refractivity contribution in [2.45, 2.75) is 31.9 Å². The van der Waals surface area contributed by atoms with Gasteiger partial charge in [0.1, 0.15) is 0 Å². The van der Waals surface area contributed by atoms with Gasteiger partial charge >= 0.3 is 0 Å². The molecule has 2 amide bonds. The molecule has 34 heavy (non-hydrogen) atoms. The molecule has 4 rings (SSSR count). The first-order valence-electron chi connectivity index (χ1n) is 10.6. The molecule has 0 unspecified atom stereocenters. The van der Waals surface area contributed by atoms with Crippen LogP contribution in [-0.4, -0.2) is 32.7 Å². The van der Waals surface area contributed by atoms with Crippen molar-refractivity contribution < 1.29 is 14.0 Å². The number of hydrogen-bond acceptors (Lipinski definition) is 8. The number of aryl methyl sites for hydroxylation is 2. The molecule has 10 heteroatoms. The van der Waals surface area contributed by atoms with E-state index < -0.39 is 0 Å². The SMILES string of the molecule is Cc1ccc(C)c(NC(=O)CCSc2nnc(Cc3csc(NC(=O)c4ccccc4)n3)o2)c1. The number of amides is 2. The molecule has 0 aliphatic rings. The van der Waals surface area contributed by atoms with Crippen LogP contribution in [0.5, 0.6) is 0 Å². The summed E-state index contributed by atoms with van der Waals surface area (Å²) in [7, 11) is 0. The molecule has 0 fully saturated rings. The third-order valence-corrected chi connectivity index (χ3v) is 6.44. The van der Waals surface area contributed by atoms with Crippen LogP contribution in [0, 0.1) is 13.8 Å². The Morgan fingerprint density at radius 2 is 1.88 bits per heavy atom. The molecule has 2 heterocycles. The van der Waals surface area contributed by atoms with E-state index in [1.165, 1.54) is 23.1 Å². The molecule has 0 saturated heterocycles. The number of hydrogen-bond donors (Lipinski definition) is 2. The maximum atomic E-state index is 12.3. The Labute approximate surface area is 205 Å². The van der Waals surface area contributed by atoms with E-state index in [4.69, 9.17) is 4.42 Å². The highest BCUT2D eigenvalue weighted by atomic mass is 32.2. The van der Waals surface area contributed by atoms with Crippen molar-refractivity contribution in [3.8, 4) is 0 Å². The number of anilines is 2. The van der Waals surface area contributed by atoms with E-state index in [1.54, 1.807) is 12.1 Å². The zero-order valence-corrected chi connectivity index (χ0v) is 20.3. The van der Waals surface area contributed by atoms with Gasteiger partial charge in [0.15, 0.2) is 5.13 Å². The summed E-state index contributed by atoms with van der Waals surface area (Å²) in [6.45, 7) is 3.96. The zero-order valence-electron chi connectivity index (χ0n) is 18.7. The first kappa shape index (κ1) is 23.7. The summed E-state index contributed by atoms with van der Waals surface area (Å²) in [4.78, 5) is 28.9. The average molecular weight is 494 g/mol. The molecular weight excluding hydrogens is 470 g/mol. The summed E-state index contributed by atoms with van der Waals surface area (Å²) < 4.78 is 5.67. The smallest absolute Gasteiger partial charge is 0.276 e. The standard InChI is InChI=1S/C24H23N5O3S2/c1-15-8-9-16(2)19(12-15)26-20(30)10-11-33-24-29-28-21(32-24)13-18-14-34-23(25-18)27-22(31)17-6-4-3-5-7-17/h3-9,12,14H,10-11,13H2,1-2H3,(H,26,30)(H,25,27,31). The molecule has 2 aromatic carbocycles. The number of rotatable bonds is 9. The summed E-state index contributed by atoms with van der Waals surface area (Å²) >= 11 is 2.67. The van der Waals surface area contributed by atoms with Gasteiger partial charge in [0.25, 0.3) is 11.1 Å². The Kier molecular flexibility index (Phi) is 7.71. The molecule has 2 aromatic heterocycles. The molecule has 4 aromatic rings. The zero-order chi connectivity index (χ0) is 23.9. The Bertz CT molecular complexity index is 1290. The van der Waals surface area contributed by atoms with Crippen molar-refractivity contribution in [1.82, 2.24) is 15.2 Å². The number of nitrogens with zero attached hydrogens (tertiary/aromatic N) is 3. The lowest BCUT2D eigenvalue weighted by molar-refractivity contribution is -0.115. The van der Waals surface area contributed by atoms with Crippen molar-refractivity contribution in [2.24, 2.45) is 0 Å². The highest BCUT2D eigenvalue weighted by molar-refractivity contribution is 7.99. The number of aromatic nitrogens is 3. The number of benzene rings is 2. The van der Waals surface area contributed by atoms with Gasteiger partial charge in [-0.25, -0.2) is 4.98 Å². The molecule has 0 spiro atoms. The Morgan fingerprint density at radius 3 is 2.71 bits per heavy atom. The highest BCUT2D eigenvalue weighted by Crippen LogP contribution is 2.22. The lowest BCUT2D eigenvalue weighted by Gasteiger charge is -2.08. The number of carbonyl (C=O) groups is 2. The third kappa shape index (κ3) is 6.52. The van der Waals surface area contributed by atoms with E-state index in [9.17, 15) is 9.59 Å². The lowest BCUT2D eigenvalue weighted by atomic mass is 10.1. The molecule has 0 radical (unpaired) electrons. The fourth-order valence-electron chi connectivity index (χ4n) is 3.04. The van der Waals surface area contributed by atoms with Gasteiger partial charge in [-0.15, -0.1) is 21.5 Å². The van der Waals surface area contributed by atoms with Crippen molar-refractivity contribution in [1.29, 1.82) is 0 Å². The predicted molar refractivity (Wildman–Crippen MR) is 133 cm³/mol. The van der Waals surface area contributed by atoms with Crippen molar-refractivity contribution >= 4 is 45.7 Å². The van der Waals surface area contributed by atoms with Crippen LogP contribution in [0.15, 0.2) is 63.6 Å². The molecule has 0 aliphatic carbocycles. The van der Waals surface area contributed by atoms with Crippen LogP contribution in [0.3, 0.4) is 0 Å². The van der Waals surface area contributed by atoms with E-state index in [1.807, 2.05) is 55.6 Å². The van der Waals surface area contributed by atoms with Crippen LogP contribution < -0.4 is 10.6 Å². The van der Waals surface area contributed by atoms with E-state index in [0.717, 1.165) is 22.5 Å². The minimum absolute atomic E-state index is 0.0616. The monoisotopic (exact) mass is 493 g/mol. The summed E-state index contributed by atoms with van der Waals surface area (Å²) in [5, 5.41) is 16.6. The minimum Gasteiger partial charge on any atom is -0.416 e. The number of thioether (sulfide) groups is 1. The van der Waals surface area contributed by atoms with Crippen LogP contribution in [0.4, 0.5) is 10.8 Å². The van der Waals surface area contributed by atoms with Crippen molar-refractivity contribution in [3.63, 3.8) is 0 Å². The molecule has 0 aliphatic heterocycles. The highest BCUT2D eigenvalue weighted by Gasteiger charge is 2.13. The lowest BCUT2D eigenvalue weighted by Crippen LogP contribution is -2.13. The number of nitrogens with one attached hydrogen (secondary N) is 2. The average Bonchev–Trinajstić information content (AvgIpc) is 3.46. The summed E-state index contributed by atoms with van der Waals surface area (Å²) in [5.74, 6) is 0.673. The molecule has 0 atom stereocenters. The number of thiazole rings is 1. The van der Waals surface area contributed by atoms with E-state index in [-0.39, 0.29) is 11.8 Å².